The molecule has 0 bridgehead atoms. The molecule has 1 aromatic carbocycles. The number of aliphatic carboxylic acids is 2. The minimum absolute atomic E-state index is 0.0209. The van der Waals surface area contributed by atoms with Crippen LogP contribution in [-0.2, 0) is 44.8 Å². The van der Waals surface area contributed by atoms with Crippen molar-refractivity contribution in [3.8, 4) is 0 Å². The molecule has 20 nitrogen and oxygen atoms in total. The molecular formula is C39H64N10O10. The van der Waals surface area contributed by atoms with Crippen molar-refractivity contribution in [1.29, 1.82) is 0 Å². The fraction of sp³-hybridized carbons (Fsp3) is 0.615. The van der Waals surface area contributed by atoms with Crippen LogP contribution in [0.25, 0.3) is 0 Å². The van der Waals surface area contributed by atoms with Gasteiger partial charge < -0.3 is 59.3 Å². The molecule has 0 aromatic heterocycles. The Bertz CT molecular complexity index is 1600. The number of nitrogens with one attached hydrogen (secondary N) is 6. The molecule has 0 unspecified atom stereocenters. The molecule has 0 heterocycles. The van der Waals surface area contributed by atoms with Crippen LogP contribution in [0.2, 0.25) is 0 Å². The van der Waals surface area contributed by atoms with Crippen molar-refractivity contribution in [2.75, 3.05) is 13.1 Å². The number of carboxylic acid groups (broad SMARTS) is 2. The molecular weight excluding hydrogens is 768 g/mol. The number of hydrogen-bond donors (Lipinski definition) is 11. The molecule has 20 heteroatoms. The Hall–Kier alpha value is -5.79. The Morgan fingerprint density at radius 3 is 1.56 bits per heavy atom. The van der Waals surface area contributed by atoms with Crippen molar-refractivity contribution in [3.05, 3.63) is 35.9 Å². The maximum Gasteiger partial charge on any atom is 0.322 e. The van der Waals surface area contributed by atoms with E-state index in [0.717, 1.165) is 0 Å². The number of guanidine groups is 1. The molecule has 6 amide bonds. The summed E-state index contributed by atoms with van der Waals surface area (Å²) in [6.45, 7) is 10.3. The van der Waals surface area contributed by atoms with Gasteiger partial charge in [0.25, 0.3) is 0 Å². The summed E-state index contributed by atoms with van der Waals surface area (Å²) in [4.78, 5) is 108. The van der Waals surface area contributed by atoms with Gasteiger partial charge in [0, 0.05) is 13.0 Å². The van der Waals surface area contributed by atoms with E-state index in [1.54, 1.807) is 44.2 Å². The highest BCUT2D eigenvalue weighted by atomic mass is 16.4. The van der Waals surface area contributed by atoms with Crippen LogP contribution in [0.5, 0.6) is 0 Å². The van der Waals surface area contributed by atoms with E-state index < -0.39 is 96.6 Å². The molecule has 1 rings (SSSR count). The van der Waals surface area contributed by atoms with Crippen LogP contribution in [-0.4, -0.2) is 113 Å². The molecule has 14 N–H and O–H groups in total. The van der Waals surface area contributed by atoms with E-state index in [9.17, 15) is 43.5 Å². The van der Waals surface area contributed by atoms with Crippen LogP contribution in [0, 0.1) is 17.8 Å². The molecule has 0 aliphatic carbocycles. The number of aliphatic imine (C=N–C) groups is 1. The third-order valence-electron chi connectivity index (χ3n) is 8.66. The first kappa shape index (κ1) is 51.2. The Balaban J connectivity index is 3.47. The van der Waals surface area contributed by atoms with Crippen LogP contribution >= 0.6 is 0 Å². The second kappa shape index (κ2) is 26.3. The molecule has 6 atom stereocenters. The number of rotatable bonds is 27. The summed E-state index contributed by atoms with van der Waals surface area (Å²) in [7, 11) is 0. The number of amides is 6. The molecule has 0 saturated carbocycles. The zero-order valence-corrected chi connectivity index (χ0v) is 34.8. The van der Waals surface area contributed by atoms with Gasteiger partial charge in [-0.3, -0.25) is 43.3 Å². The predicted molar refractivity (Wildman–Crippen MR) is 219 cm³/mol. The number of carbonyl (C=O) groups is 8. The fourth-order valence-corrected chi connectivity index (χ4v) is 5.89. The minimum atomic E-state index is -1.61. The monoisotopic (exact) mass is 832 g/mol. The smallest absolute Gasteiger partial charge is 0.322 e. The second-order valence-corrected chi connectivity index (χ2v) is 15.6. The maximum absolute atomic E-state index is 14.1. The SMILES string of the molecule is CC(C)C[C@H](NC(=O)[C@H](Cc1ccccc1)NC(=O)[C@H](CC(C)C)NC(=O)[C@H](CCCN=C(N)N)NC(=O)[C@H](CC(=O)O)NC(=O)[C@@H](N)CC(C)C)C(=O)NCC(=O)O. The molecule has 0 fully saturated rings. The standard InChI is InChI=1S/C39H64N10O10/c1-21(2)15-25(40)33(54)46-30(19-31(50)51)38(59)45-26(13-10-14-43-39(41)42)35(56)48-28(17-23(5)6)36(57)49-29(18-24-11-8-7-9-12-24)37(58)47-27(16-22(3)4)34(55)44-20-32(52)53/h7-9,11-12,21-23,25-30H,10,13-20,40H2,1-6H3,(H,44,55)(H,45,59)(H,46,54)(H,47,58)(H,48,56)(H,49,57)(H,50,51)(H,52,53)(H4,41,42,43)/t25-,26-,27-,28-,29-,30-/m0/s1. The second-order valence-electron chi connectivity index (χ2n) is 15.6. The Morgan fingerprint density at radius 2 is 1.05 bits per heavy atom. The highest BCUT2D eigenvalue weighted by Gasteiger charge is 2.34. The van der Waals surface area contributed by atoms with E-state index in [4.69, 9.17) is 22.3 Å². The Morgan fingerprint density at radius 1 is 0.593 bits per heavy atom. The zero-order valence-electron chi connectivity index (χ0n) is 34.8. The lowest BCUT2D eigenvalue weighted by atomic mass is 9.99. The predicted octanol–water partition coefficient (Wildman–Crippen LogP) is -1.15. The van der Waals surface area contributed by atoms with Crippen LogP contribution in [0.3, 0.4) is 0 Å². The first-order valence-corrected chi connectivity index (χ1v) is 19.7. The first-order valence-electron chi connectivity index (χ1n) is 19.7. The van der Waals surface area contributed by atoms with Crippen LogP contribution in [0.4, 0.5) is 0 Å². The highest BCUT2D eigenvalue weighted by Crippen LogP contribution is 2.12. The topological polar surface area (TPSA) is 340 Å². The number of benzene rings is 1. The summed E-state index contributed by atoms with van der Waals surface area (Å²) in [6, 6.07) is 1.04. The summed E-state index contributed by atoms with van der Waals surface area (Å²) in [5, 5.41) is 33.7. The van der Waals surface area contributed by atoms with Gasteiger partial charge in [-0.25, -0.2) is 0 Å². The van der Waals surface area contributed by atoms with Gasteiger partial charge in [0.2, 0.25) is 35.4 Å². The largest absolute Gasteiger partial charge is 0.481 e. The lowest BCUT2D eigenvalue weighted by Crippen LogP contribution is -2.60. The van der Waals surface area contributed by atoms with Crippen molar-refractivity contribution in [3.63, 3.8) is 0 Å². The lowest BCUT2D eigenvalue weighted by molar-refractivity contribution is -0.141. The summed E-state index contributed by atoms with van der Waals surface area (Å²) < 4.78 is 0. The fourth-order valence-electron chi connectivity index (χ4n) is 5.89. The maximum atomic E-state index is 14.1. The molecule has 0 radical (unpaired) electrons. The van der Waals surface area contributed by atoms with Gasteiger partial charge in [0.1, 0.15) is 36.8 Å². The molecule has 0 aliphatic rings. The molecule has 1 aromatic rings. The number of carbonyl (C=O) groups excluding carboxylic acids is 6. The van der Waals surface area contributed by atoms with Crippen LogP contribution < -0.4 is 49.1 Å². The molecule has 330 valence electrons. The van der Waals surface area contributed by atoms with E-state index in [0.29, 0.717) is 5.56 Å². The average Bonchev–Trinajstić information content (AvgIpc) is 3.13. The van der Waals surface area contributed by atoms with Crippen molar-refractivity contribution in [1.82, 2.24) is 31.9 Å². The molecule has 0 spiro atoms. The Labute approximate surface area is 345 Å². The summed E-state index contributed by atoms with van der Waals surface area (Å²) >= 11 is 0. The number of nitrogens with two attached hydrogens (primary N) is 3. The van der Waals surface area contributed by atoms with Gasteiger partial charge in [-0.15, -0.1) is 0 Å². The van der Waals surface area contributed by atoms with Gasteiger partial charge in [0.05, 0.1) is 12.5 Å². The summed E-state index contributed by atoms with van der Waals surface area (Å²) in [5.41, 5.74) is 17.5. The summed E-state index contributed by atoms with van der Waals surface area (Å²) in [5.74, 6) is -7.94. The minimum Gasteiger partial charge on any atom is -0.481 e. The van der Waals surface area contributed by atoms with Gasteiger partial charge in [-0.05, 0) is 55.4 Å². The van der Waals surface area contributed by atoms with Gasteiger partial charge in [0.15, 0.2) is 5.96 Å². The van der Waals surface area contributed by atoms with Crippen molar-refractivity contribution < 1.29 is 48.6 Å². The van der Waals surface area contributed by atoms with E-state index in [2.05, 4.69) is 36.9 Å². The van der Waals surface area contributed by atoms with Gasteiger partial charge in [-0.1, -0.05) is 71.9 Å². The van der Waals surface area contributed by atoms with E-state index in [-0.39, 0.29) is 68.8 Å². The van der Waals surface area contributed by atoms with E-state index in [1.165, 1.54) is 0 Å². The van der Waals surface area contributed by atoms with E-state index in [1.807, 2.05) is 27.7 Å². The summed E-state index contributed by atoms with van der Waals surface area (Å²) in [6.07, 6.45) is -0.270. The Kier molecular flexibility index (Phi) is 22.8. The zero-order chi connectivity index (χ0) is 44.8. The molecule has 59 heavy (non-hydrogen) atoms. The van der Waals surface area contributed by atoms with Gasteiger partial charge in [-0.2, -0.15) is 0 Å². The molecule has 0 saturated heterocycles. The number of nitrogens with zero attached hydrogens (tertiary/aromatic N) is 1. The lowest BCUT2D eigenvalue weighted by Gasteiger charge is -2.28. The molecule has 0 aliphatic heterocycles. The van der Waals surface area contributed by atoms with Crippen molar-refractivity contribution >= 4 is 53.3 Å². The number of hydrogen-bond acceptors (Lipinski definition) is 10. The quantitative estimate of drug-likeness (QED) is 0.0284. The van der Waals surface area contributed by atoms with Crippen LogP contribution in [0.15, 0.2) is 35.3 Å². The third kappa shape index (κ3) is 21.5. The first-order chi connectivity index (χ1) is 27.6. The third-order valence-corrected chi connectivity index (χ3v) is 8.66. The highest BCUT2D eigenvalue weighted by molar-refractivity contribution is 5.97. The van der Waals surface area contributed by atoms with Crippen molar-refractivity contribution in [2.45, 2.75) is 123 Å². The van der Waals surface area contributed by atoms with Crippen LogP contribution in [0.1, 0.15) is 85.6 Å². The van der Waals surface area contributed by atoms with Gasteiger partial charge >= 0.3 is 11.9 Å². The van der Waals surface area contributed by atoms with Crippen molar-refractivity contribution in [2.24, 2.45) is 39.9 Å². The van der Waals surface area contributed by atoms with E-state index >= 15 is 0 Å². The number of carboxylic acids is 2. The average molecular weight is 833 g/mol. The normalized spacial score (nSPS) is 14.1.